The van der Waals surface area contributed by atoms with E-state index in [-0.39, 0.29) is 41.4 Å². The van der Waals surface area contributed by atoms with Crippen LogP contribution in [0.4, 0.5) is 5.69 Å². The summed E-state index contributed by atoms with van der Waals surface area (Å²) in [5.41, 5.74) is 2.80. The summed E-state index contributed by atoms with van der Waals surface area (Å²) < 4.78 is 5.35. The van der Waals surface area contributed by atoms with E-state index in [0.29, 0.717) is 0 Å². The molecule has 3 amide bonds. The van der Waals surface area contributed by atoms with Gasteiger partial charge in [0, 0.05) is 5.69 Å². The summed E-state index contributed by atoms with van der Waals surface area (Å²) in [4.78, 5) is 53.1. The summed E-state index contributed by atoms with van der Waals surface area (Å²) in [5.74, 6) is -1.98. The molecular weight excluding hydrogens is 420 g/mol. The van der Waals surface area contributed by atoms with Crippen LogP contribution in [-0.2, 0) is 36.8 Å². The molecule has 4 rings (SSSR count). The van der Waals surface area contributed by atoms with Gasteiger partial charge < -0.3 is 10.1 Å². The molecule has 3 aliphatic rings. The van der Waals surface area contributed by atoms with Gasteiger partial charge in [-0.05, 0) is 61.0 Å². The van der Waals surface area contributed by atoms with Crippen LogP contribution in [0.2, 0.25) is 0 Å². The molecule has 0 spiro atoms. The quantitative estimate of drug-likeness (QED) is 0.480. The van der Waals surface area contributed by atoms with Gasteiger partial charge in [-0.2, -0.15) is 0 Å². The number of likely N-dealkylation sites (tertiary alicyclic amines) is 1. The molecule has 2 aliphatic carbocycles. The molecule has 7 nitrogen and oxygen atoms in total. The number of anilines is 1. The molecule has 5 atom stereocenters. The Morgan fingerprint density at radius 1 is 1.03 bits per heavy atom. The average Bonchev–Trinajstić information content (AvgIpc) is 3.47. The van der Waals surface area contributed by atoms with Crippen molar-refractivity contribution >= 4 is 29.4 Å². The standard InChI is InChI=1S/C26H34N2O5/c1-5-15-8-7-9-16(6-2)22(15)27-19(29)13-33-26(32)23(14(3)4)28-24(30)20-17-10-11-18(12-17)21(20)25(28)31/h7-9,14,17-18,20-21,23H,5-6,10-13H2,1-4H3,(H,27,29)/t17-,18-,20-,21+,23+/m0/s1. The van der Waals surface area contributed by atoms with Crippen molar-refractivity contribution < 1.29 is 23.9 Å². The molecule has 1 heterocycles. The molecule has 1 saturated heterocycles. The number of nitrogens with one attached hydrogen (secondary N) is 1. The molecule has 1 N–H and O–H groups in total. The lowest BCUT2D eigenvalue weighted by atomic mass is 9.81. The van der Waals surface area contributed by atoms with Crippen LogP contribution in [0.5, 0.6) is 0 Å². The SMILES string of the molecule is CCc1cccc(CC)c1NC(=O)COC(=O)[C@@H](C(C)C)N1C(=O)[C@@H]2[C@H]3CC[C@@H](C3)[C@@H]2C1=O. The van der Waals surface area contributed by atoms with Crippen LogP contribution in [0.25, 0.3) is 0 Å². The number of hydrogen-bond donors (Lipinski definition) is 1. The number of para-hydroxylation sites is 1. The lowest BCUT2D eigenvalue weighted by Gasteiger charge is -2.28. The maximum absolute atomic E-state index is 13.2. The summed E-state index contributed by atoms with van der Waals surface area (Å²) >= 11 is 0. The van der Waals surface area contributed by atoms with Crippen LogP contribution < -0.4 is 5.32 Å². The number of hydrogen-bond acceptors (Lipinski definition) is 5. The normalized spacial score (nSPS) is 26.6. The van der Waals surface area contributed by atoms with Crippen LogP contribution in [-0.4, -0.2) is 41.2 Å². The number of benzene rings is 1. The van der Waals surface area contributed by atoms with E-state index in [2.05, 4.69) is 5.32 Å². The van der Waals surface area contributed by atoms with E-state index in [4.69, 9.17) is 4.74 Å². The maximum Gasteiger partial charge on any atom is 0.330 e. The van der Waals surface area contributed by atoms with Crippen molar-refractivity contribution in [3.63, 3.8) is 0 Å². The monoisotopic (exact) mass is 454 g/mol. The Balaban J connectivity index is 1.43. The number of nitrogens with zero attached hydrogens (tertiary/aromatic N) is 1. The molecule has 0 aromatic heterocycles. The van der Waals surface area contributed by atoms with Crippen molar-refractivity contribution in [1.82, 2.24) is 4.90 Å². The topological polar surface area (TPSA) is 92.8 Å². The number of amides is 3. The molecule has 0 radical (unpaired) electrons. The third-order valence-electron chi connectivity index (χ3n) is 7.72. The Morgan fingerprint density at radius 2 is 1.58 bits per heavy atom. The van der Waals surface area contributed by atoms with E-state index in [0.717, 1.165) is 53.8 Å². The lowest BCUT2D eigenvalue weighted by Crippen LogP contribution is -2.50. The van der Waals surface area contributed by atoms with Gasteiger partial charge in [0.15, 0.2) is 6.61 Å². The number of rotatable bonds is 8. The number of carbonyl (C=O) groups excluding carboxylic acids is 4. The first kappa shape index (κ1) is 23.5. The van der Waals surface area contributed by atoms with Gasteiger partial charge in [0.1, 0.15) is 6.04 Å². The zero-order valence-electron chi connectivity index (χ0n) is 19.9. The van der Waals surface area contributed by atoms with E-state index in [1.165, 1.54) is 0 Å². The summed E-state index contributed by atoms with van der Waals surface area (Å²) in [6.45, 7) is 7.16. The van der Waals surface area contributed by atoms with Gasteiger partial charge in [0.2, 0.25) is 11.8 Å². The van der Waals surface area contributed by atoms with Crippen LogP contribution in [0, 0.1) is 29.6 Å². The van der Waals surface area contributed by atoms with Gasteiger partial charge in [-0.3, -0.25) is 19.3 Å². The zero-order valence-corrected chi connectivity index (χ0v) is 19.9. The maximum atomic E-state index is 13.2. The summed E-state index contributed by atoms with van der Waals surface area (Å²) in [6, 6.07) is 4.89. The van der Waals surface area contributed by atoms with Gasteiger partial charge in [0.05, 0.1) is 11.8 Å². The molecular formula is C26H34N2O5. The van der Waals surface area contributed by atoms with E-state index in [9.17, 15) is 19.2 Å². The number of esters is 1. The van der Waals surface area contributed by atoms with Crippen LogP contribution in [0.3, 0.4) is 0 Å². The van der Waals surface area contributed by atoms with Crippen LogP contribution in [0.1, 0.15) is 58.1 Å². The predicted octanol–water partition coefficient (Wildman–Crippen LogP) is 3.35. The van der Waals surface area contributed by atoms with E-state index in [1.807, 2.05) is 32.0 Å². The van der Waals surface area contributed by atoms with Gasteiger partial charge in [-0.15, -0.1) is 0 Å². The van der Waals surface area contributed by atoms with E-state index in [1.54, 1.807) is 13.8 Å². The molecule has 7 heteroatoms. The van der Waals surface area contributed by atoms with Gasteiger partial charge in [0.25, 0.3) is 5.91 Å². The van der Waals surface area contributed by atoms with Crippen molar-refractivity contribution in [1.29, 1.82) is 0 Å². The number of imide groups is 1. The van der Waals surface area contributed by atoms with Crippen LogP contribution >= 0.6 is 0 Å². The predicted molar refractivity (Wildman–Crippen MR) is 123 cm³/mol. The third-order valence-corrected chi connectivity index (χ3v) is 7.72. The lowest BCUT2D eigenvalue weighted by molar-refractivity contribution is -0.162. The summed E-state index contributed by atoms with van der Waals surface area (Å²) in [6.07, 6.45) is 4.43. The molecule has 2 bridgehead atoms. The number of carbonyl (C=O) groups is 4. The summed E-state index contributed by atoms with van der Waals surface area (Å²) in [7, 11) is 0. The highest BCUT2D eigenvalue weighted by Crippen LogP contribution is 2.56. The van der Waals surface area contributed by atoms with Crippen LogP contribution in [0.15, 0.2) is 18.2 Å². The summed E-state index contributed by atoms with van der Waals surface area (Å²) in [5, 5.41) is 2.88. The Labute approximate surface area is 195 Å². The van der Waals surface area contributed by atoms with Gasteiger partial charge >= 0.3 is 5.97 Å². The van der Waals surface area contributed by atoms with Crippen molar-refractivity contribution in [2.24, 2.45) is 29.6 Å². The molecule has 3 fully saturated rings. The fraction of sp³-hybridized carbons (Fsp3) is 0.615. The second-order valence-corrected chi connectivity index (χ2v) is 9.93. The van der Waals surface area contributed by atoms with Crippen molar-refractivity contribution in [2.75, 3.05) is 11.9 Å². The molecule has 2 saturated carbocycles. The second-order valence-electron chi connectivity index (χ2n) is 9.93. The minimum atomic E-state index is -1.00. The first-order valence-electron chi connectivity index (χ1n) is 12.2. The fourth-order valence-electron chi connectivity index (χ4n) is 6.18. The third kappa shape index (κ3) is 4.06. The van der Waals surface area contributed by atoms with Crippen molar-refractivity contribution in [3.8, 4) is 0 Å². The minimum Gasteiger partial charge on any atom is -0.454 e. The minimum absolute atomic E-state index is 0.234. The molecule has 1 aromatic carbocycles. The highest BCUT2D eigenvalue weighted by Gasteiger charge is 2.62. The Morgan fingerprint density at radius 3 is 2.06 bits per heavy atom. The molecule has 178 valence electrons. The molecule has 1 aliphatic heterocycles. The van der Waals surface area contributed by atoms with Gasteiger partial charge in [-0.1, -0.05) is 45.9 Å². The Bertz CT molecular complexity index is 921. The molecule has 33 heavy (non-hydrogen) atoms. The Kier molecular flexibility index (Phi) is 6.59. The number of aryl methyl sites for hydroxylation is 2. The van der Waals surface area contributed by atoms with E-state index < -0.39 is 24.5 Å². The number of ether oxygens (including phenoxy) is 1. The largest absolute Gasteiger partial charge is 0.454 e. The van der Waals surface area contributed by atoms with Crippen molar-refractivity contribution in [3.05, 3.63) is 29.3 Å². The van der Waals surface area contributed by atoms with Gasteiger partial charge in [-0.25, -0.2) is 4.79 Å². The fourth-order valence-corrected chi connectivity index (χ4v) is 6.18. The highest BCUT2D eigenvalue weighted by molar-refractivity contribution is 6.08. The Hall–Kier alpha value is -2.70. The molecule has 0 unspecified atom stereocenters. The number of fused-ring (bicyclic) bond motifs is 5. The van der Waals surface area contributed by atoms with Crippen molar-refractivity contribution in [2.45, 2.75) is 65.8 Å². The highest BCUT2D eigenvalue weighted by atomic mass is 16.5. The average molecular weight is 455 g/mol. The zero-order chi connectivity index (χ0) is 23.9. The second kappa shape index (κ2) is 9.27. The first-order valence-corrected chi connectivity index (χ1v) is 12.2. The molecule has 1 aromatic rings. The first-order chi connectivity index (χ1) is 15.8. The smallest absolute Gasteiger partial charge is 0.330 e. The van der Waals surface area contributed by atoms with E-state index >= 15 is 0 Å².